The van der Waals surface area contributed by atoms with E-state index in [1.807, 2.05) is 12.1 Å². The summed E-state index contributed by atoms with van der Waals surface area (Å²) in [5, 5.41) is 3.14. The van der Waals surface area contributed by atoms with Crippen molar-refractivity contribution in [1.29, 1.82) is 0 Å². The topological polar surface area (TPSA) is 84.2 Å². The first kappa shape index (κ1) is 15.1. The number of pyridine rings is 1. The lowest BCUT2D eigenvalue weighted by molar-refractivity contribution is 0.518. The fraction of sp³-hybridized carbons (Fsp3) is 0.0625. The van der Waals surface area contributed by atoms with Gasteiger partial charge in [0.05, 0.1) is 29.6 Å². The number of anilines is 2. The van der Waals surface area contributed by atoms with Crippen molar-refractivity contribution in [2.24, 2.45) is 0 Å². The maximum atomic E-state index is 12.2. The van der Waals surface area contributed by atoms with E-state index in [1.165, 1.54) is 12.1 Å². The number of furan rings is 1. The van der Waals surface area contributed by atoms with Crippen LogP contribution in [0.2, 0.25) is 0 Å². The Morgan fingerprint density at radius 2 is 1.83 bits per heavy atom. The highest BCUT2D eigenvalue weighted by Crippen LogP contribution is 2.16. The zero-order chi connectivity index (χ0) is 16.1. The van der Waals surface area contributed by atoms with Gasteiger partial charge in [-0.3, -0.25) is 4.72 Å². The van der Waals surface area contributed by atoms with E-state index in [9.17, 15) is 8.42 Å². The Labute approximate surface area is 134 Å². The van der Waals surface area contributed by atoms with Crippen molar-refractivity contribution in [1.82, 2.24) is 4.98 Å². The number of hydrogen-bond acceptors (Lipinski definition) is 5. The highest BCUT2D eigenvalue weighted by Gasteiger charge is 2.13. The fourth-order valence-corrected chi connectivity index (χ4v) is 2.99. The molecular formula is C16H15N3O3S. The molecule has 2 heterocycles. The van der Waals surface area contributed by atoms with Gasteiger partial charge in [-0.2, -0.15) is 0 Å². The first-order valence-corrected chi connectivity index (χ1v) is 8.42. The molecule has 0 saturated heterocycles. The lowest BCUT2D eigenvalue weighted by Crippen LogP contribution is -2.13. The Kier molecular flexibility index (Phi) is 4.29. The van der Waals surface area contributed by atoms with Crippen LogP contribution in [0, 0.1) is 0 Å². The fourth-order valence-electron chi connectivity index (χ4n) is 1.96. The van der Waals surface area contributed by atoms with Gasteiger partial charge >= 0.3 is 0 Å². The average molecular weight is 329 g/mol. The van der Waals surface area contributed by atoms with Crippen LogP contribution in [0.3, 0.4) is 0 Å². The van der Waals surface area contributed by atoms with Crippen LogP contribution in [0.5, 0.6) is 0 Å². The summed E-state index contributed by atoms with van der Waals surface area (Å²) in [6.45, 7) is 0.532. The number of rotatable bonds is 6. The smallest absolute Gasteiger partial charge is 0.263 e. The van der Waals surface area contributed by atoms with Crippen LogP contribution in [-0.4, -0.2) is 13.4 Å². The van der Waals surface area contributed by atoms with Crippen LogP contribution >= 0.6 is 0 Å². The molecule has 3 aromatic rings. The molecule has 0 atom stereocenters. The van der Waals surface area contributed by atoms with Crippen molar-refractivity contribution in [3.63, 3.8) is 0 Å². The number of aromatic nitrogens is 1. The molecule has 0 unspecified atom stereocenters. The molecule has 0 aliphatic rings. The summed E-state index contributed by atoms with van der Waals surface area (Å²) in [6, 6.07) is 15.2. The predicted molar refractivity (Wildman–Crippen MR) is 87.5 cm³/mol. The second kappa shape index (κ2) is 6.53. The second-order valence-electron chi connectivity index (χ2n) is 4.78. The molecule has 0 radical (unpaired) electrons. The monoisotopic (exact) mass is 329 g/mol. The molecule has 0 saturated carbocycles. The van der Waals surface area contributed by atoms with Crippen molar-refractivity contribution >= 4 is 21.5 Å². The maximum Gasteiger partial charge on any atom is 0.263 e. The Morgan fingerprint density at radius 3 is 2.48 bits per heavy atom. The molecule has 0 fully saturated rings. The standard InChI is InChI=1S/C16H15N3O3S/c20-23(21,15-6-2-1-3-7-15)19-16-9-8-13(11-18-16)17-12-14-5-4-10-22-14/h1-11,17H,12H2,(H,18,19). The summed E-state index contributed by atoms with van der Waals surface area (Å²) < 4.78 is 32.0. The predicted octanol–water partition coefficient (Wildman–Crippen LogP) is 3.09. The number of sulfonamides is 1. The van der Waals surface area contributed by atoms with Crippen LogP contribution in [0.15, 0.2) is 76.4 Å². The molecule has 2 aromatic heterocycles. The number of nitrogens with zero attached hydrogens (tertiary/aromatic N) is 1. The van der Waals surface area contributed by atoms with Crippen molar-refractivity contribution in [3.8, 4) is 0 Å². The average Bonchev–Trinajstić information content (AvgIpc) is 3.08. The lowest BCUT2D eigenvalue weighted by atomic mass is 10.4. The molecule has 2 N–H and O–H groups in total. The van der Waals surface area contributed by atoms with Crippen molar-refractivity contribution in [2.45, 2.75) is 11.4 Å². The van der Waals surface area contributed by atoms with Gasteiger partial charge < -0.3 is 9.73 Å². The van der Waals surface area contributed by atoms with Crippen LogP contribution in [0.4, 0.5) is 11.5 Å². The molecule has 3 rings (SSSR count). The SMILES string of the molecule is O=S(=O)(Nc1ccc(NCc2ccco2)cn1)c1ccccc1. The molecule has 0 bridgehead atoms. The van der Waals surface area contributed by atoms with E-state index in [0.717, 1.165) is 11.4 Å². The quantitative estimate of drug-likeness (QED) is 0.726. The summed E-state index contributed by atoms with van der Waals surface area (Å²) in [7, 11) is -3.62. The summed E-state index contributed by atoms with van der Waals surface area (Å²) in [5.41, 5.74) is 0.768. The molecule has 118 valence electrons. The first-order valence-electron chi connectivity index (χ1n) is 6.94. The van der Waals surface area contributed by atoms with Gasteiger partial charge in [-0.25, -0.2) is 13.4 Å². The molecule has 0 aliphatic carbocycles. The van der Waals surface area contributed by atoms with Gasteiger partial charge in [0.25, 0.3) is 10.0 Å². The van der Waals surface area contributed by atoms with E-state index in [4.69, 9.17) is 4.42 Å². The largest absolute Gasteiger partial charge is 0.467 e. The maximum absolute atomic E-state index is 12.2. The second-order valence-corrected chi connectivity index (χ2v) is 6.47. The normalized spacial score (nSPS) is 11.1. The minimum absolute atomic E-state index is 0.196. The van der Waals surface area contributed by atoms with E-state index in [1.54, 1.807) is 42.8 Å². The van der Waals surface area contributed by atoms with Gasteiger partial charge in [0, 0.05) is 0 Å². The molecule has 0 amide bonds. The Bertz CT molecular complexity index is 845. The van der Waals surface area contributed by atoms with Crippen molar-refractivity contribution in [3.05, 3.63) is 72.8 Å². The van der Waals surface area contributed by atoms with E-state index in [0.29, 0.717) is 6.54 Å². The summed E-state index contributed by atoms with van der Waals surface area (Å²) in [5.74, 6) is 1.07. The van der Waals surface area contributed by atoms with Gasteiger partial charge in [-0.15, -0.1) is 0 Å². The first-order chi connectivity index (χ1) is 11.1. The van der Waals surface area contributed by atoms with E-state index >= 15 is 0 Å². The highest BCUT2D eigenvalue weighted by molar-refractivity contribution is 7.92. The van der Waals surface area contributed by atoms with Crippen molar-refractivity contribution in [2.75, 3.05) is 10.0 Å². The van der Waals surface area contributed by atoms with Gasteiger partial charge in [0.1, 0.15) is 11.6 Å². The Balaban J connectivity index is 1.65. The van der Waals surface area contributed by atoms with Crippen molar-refractivity contribution < 1.29 is 12.8 Å². The Hall–Kier alpha value is -2.80. The third-order valence-corrected chi connectivity index (χ3v) is 4.47. The summed E-state index contributed by atoms with van der Waals surface area (Å²) >= 11 is 0. The summed E-state index contributed by atoms with van der Waals surface area (Å²) in [6.07, 6.45) is 3.17. The molecule has 23 heavy (non-hydrogen) atoms. The van der Waals surface area contributed by atoms with Crippen LogP contribution < -0.4 is 10.0 Å². The number of nitrogens with one attached hydrogen (secondary N) is 2. The van der Waals surface area contributed by atoms with Gasteiger partial charge in [0.2, 0.25) is 0 Å². The highest BCUT2D eigenvalue weighted by atomic mass is 32.2. The molecule has 0 aliphatic heterocycles. The zero-order valence-electron chi connectivity index (χ0n) is 12.1. The van der Waals surface area contributed by atoms with E-state index in [-0.39, 0.29) is 10.7 Å². The third kappa shape index (κ3) is 3.89. The molecule has 7 heteroatoms. The minimum atomic E-state index is -3.62. The molecule has 1 aromatic carbocycles. The third-order valence-electron chi connectivity index (χ3n) is 3.10. The van der Waals surface area contributed by atoms with Gasteiger partial charge in [-0.1, -0.05) is 18.2 Å². The number of hydrogen-bond donors (Lipinski definition) is 2. The van der Waals surface area contributed by atoms with Gasteiger partial charge in [0.15, 0.2) is 0 Å². The lowest BCUT2D eigenvalue weighted by Gasteiger charge is -2.08. The molecular weight excluding hydrogens is 314 g/mol. The number of benzene rings is 1. The van der Waals surface area contributed by atoms with Crippen LogP contribution in [0.1, 0.15) is 5.76 Å². The molecule has 0 spiro atoms. The zero-order valence-corrected chi connectivity index (χ0v) is 13.0. The van der Waals surface area contributed by atoms with E-state index < -0.39 is 10.0 Å². The minimum Gasteiger partial charge on any atom is -0.467 e. The molecule has 6 nitrogen and oxygen atoms in total. The Morgan fingerprint density at radius 1 is 1.00 bits per heavy atom. The van der Waals surface area contributed by atoms with Crippen LogP contribution in [0.25, 0.3) is 0 Å². The van der Waals surface area contributed by atoms with Gasteiger partial charge in [-0.05, 0) is 36.4 Å². The van der Waals surface area contributed by atoms with E-state index in [2.05, 4.69) is 15.0 Å². The summed E-state index contributed by atoms with van der Waals surface area (Å²) in [4.78, 5) is 4.30. The van der Waals surface area contributed by atoms with Crippen LogP contribution in [-0.2, 0) is 16.6 Å².